The Hall–Kier alpha value is -1.31. The number of hydrogen-bond donors (Lipinski definition) is 2. The van der Waals surface area contributed by atoms with E-state index >= 15 is 0 Å². The first-order chi connectivity index (χ1) is 10.2. The normalized spacial score (nSPS) is 20.7. The lowest BCUT2D eigenvalue weighted by molar-refractivity contribution is -0.121. The van der Waals surface area contributed by atoms with Gasteiger partial charge in [0, 0.05) is 26.6 Å². The number of urea groups is 1. The van der Waals surface area contributed by atoms with E-state index in [0.29, 0.717) is 12.5 Å². The molecule has 1 atom stereocenters. The van der Waals surface area contributed by atoms with Gasteiger partial charge in [0.05, 0.1) is 17.5 Å². The van der Waals surface area contributed by atoms with Crippen molar-refractivity contribution < 1.29 is 18.0 Å². The third-order valence-electron chi connectivity index (χ3n) is 3.73. The van der Waals surface area contributed by atoms with E-state index in [1.165, 1.54) is 11.9 Å². The second-order valence-electron chi connectivity index (χ2n) is 6.11. The number of rotatable bonds is 6. The molecule has 7 nitrogen and oxygen atoms in total. The average molecular weight is 333 g/mol. The topological polar surface area (TPSA) is 95.6 Å². The Labute approximate surface area is 132 Å². The van der Waals surface area contributed by atoms with E-state index in [9.17, 15) is 18.0 Å². The zero-order valence-corrected chi connectivity index (χ0v) is 14.4. The van der Waals surface area contributed by atoms with Crippen molar-refractivity contribution in [1.82, 2.24) is 15.5 Å². The van der Waals surface area contributed by atoms with Gasteiger partial charge in [-0.2, -0.15) is 0 Å². The standard InChI is InChI=1S/C14H27N3O4S/c1-11(2)5-4-6-16-14(19)17-7-8-22(20,21)10-12(17)9-13(18)15-3/h11-12H,4-10H2,1-3H3,(H,15,18)(H,16,19). The van der Waals surface area contributed by atoms with Crippen molar-refractivity contribution in [1.29, 1.82) is 0 Å². The second kappa shape index (κ2) is 8.36. The summed E-state index contributed by atoms with van der Waals surface area (Å²) in [6.07, 6.45) is 1.92. The highest BCUT2D eigenvalue weighted by Crippen LogP contribution is 2.15. The number of hydrogen-bond acceptors (Lipinski definition) is 4. The lowest BCUT2D eigenvalue weighted by atomic mass is 10.1. The number of amides is 3. The van der Waals surface area contributed by atoms with Crippen LogP contribution in [0.3, 0.4) is 0 Å². The molecule has 2 N–H and O–H groups in total. The first kappa shape index (κ1) is 18.7. The molecule has 1 aliphatic rings. The van der Waals surface area contributed by atoms with E-state index in [1.54, 1.807) is 0 Å². The molecule has 0 aliphatic carbocycles. The number of carbonyl (C=O) groups excluding carboxylic acids is 2. The van der Waals surface area contributed by atoms with Gasteiger partial charge >= 0.3 is 6.03 Å². The van der Waals surface area contributed by atoms with Crippen LogP contribution in [0.25, 0.3) is 0 Å². The summed E-state index contributed by atoms with van der Waals surface area (Å²) in [5.41, 5.74) is 0. The van der Waals surface area contributed by atoms with Gasteiger partial charge in [0.2, 0.25) is 5.91 Å². The quantitative estimate of drug-likeness (QED) is 0.686. The number of nitrogens with zero attached hydrogens (tertiary/aromatic N) is 1. The van der Waals surface area contributed by atoms with Gasteiger partial charge in [-0.25, -0.2) is 13.2 Å². The Morgan fingerprint density at radius 1 is 1.32 bits per heavy atom. The van der Waals surface area contributed by atoms with E-state index in [4.69, 9.17) is 0 Å². The summed E-state index contributed by atoms with van der Waals surface area (Å²) >= 11 is 0. The maximum absolute atomic E-state index is 12.2. The van der Waals surface area contributed by atoms with Crippen molar-refractivity contribution in [2.75, 3.05) is 31.6 Å². The molecule has 0 saturated carbocycles. The maximum atomic E-state index is 12.2. The van der Waals surface area contributed by atoms with Crippen molar-refractivity contribution in [2.24, 2.45) is 5.92 Å². The molecule has 1 aliphatic heterocycles. The molecule has 1 heterocycles. The van der Waals surface area contributed by atoms with Gasteiger partial charge in [-0.3, -0.25) is 4.79 Å². The lowest BCUT2D eigenvalue weighted by Gasteiger charge is -2.35. The molecule has 0 bridgehead atoms. The Kier molecular flexibility index (Phi) is 7.12. The smallest absolute Gasteiger partial charge is 0.317 e. The molecule has 1 fully saturated rings. The van der Waals surface area contributed by atoms with Crippen LogP contribution in [0.1, 0.15) is 33.1 Å². The zero-order valence-electron chi connectivity index (χ0n) is 13.6. The van der Waals surface area contributed by atoms with E-state index < -0.39 is 15.9 Å². The summed E-state index contributed by atoms with van der Waals surface area (Å²) in [6, 6.07) is -0.878. The largest absolute Gasteiger partial charge is 0.359 e. The van der Waals surface area contributed by atoms with Crippen LogP contribution < -0.4 is 10.6 Å². The fraction of sp³-hybridized carbons (Fsp3) is 0.857. The van der Waals surface area contributed by atoms with E-state index in [0.717, 1.165) is 12.8 Å². The minimum atomic E-state index is -3.19. The van der Waals surface area contributed by atoms with E-state index in [-0.39, 0.29) is 36.4 Å². The maximum Gasteiger partial charge on any atom is 0.317 e. The third-order valence-corrected chi connectivity index (χ3v) is 5.42. The molecule has 1 saturated heterocycles. The highest BCUT2D eigenvalue weighted by molar-refractivity contribution is 7.91. The minimum Gasteiger partial charge on any atom is -0.359 e. The summed E-state index contributed by atoms with van der Waals surface area (Å²) in [5, 5.41) is 5.29. The minimum absolute atomic E-state index is 0.00907. The van der Waals surface area contributed by atoms with E-state index in [2.05, 4.69) is 24.5 Å². The van der Waals surface area contributed by atoms with Gasteiger partial charge in [0.1, 0.15) is 0 Å². The molecule has 0 aromatic carbocycles. The summed E-state index contributed by atoms with van der Waals surface area (Å²) in [5.74, 6) is 0.119. The van der Waals surface area contributed by atoms with Crippen LogP contribution in [0.15, 0.2) is 0 Å². The Morgan fingerprint density at radius 2 is 2.00 bits per heavy atom. The molecule has 8 heteroatoms. The lowest BCUT2D eigenvalue weighted by Crippen LogP contribution is -2.55. The van der Waals surface area contributed by atoms with Crippen molar-refractivity contribution in [2.45, 2.75) is 39.2 Å². The fourth-order valence-electron chi connectivity index (χ4n) is 2.45. The molecule has 0 aromatic rings. The molecule has 0 aromatic heterocycles. The first-order valence-corrected chi connectivity index (χ1v) is 9.52. The molecule has 0 radical (unpaired) electrons. The highest BCUT2D eigenvalue weighted by atomic mass is 32.2. The predicted octanol–water partition coefficient (Wildman–Crippen LogP) is 0.367. The van der Waals surface area contributed by atoms with Crippen LogP contribution in [-0.2, 0) is 14.6 Å². The van der Waals surface area contributed by atoms with Crippen LogP contribution in [0.4, 0.5) is 4.79 Å². The van der Waals surface area contributed by atoms with Crippen LogP contribution >= 0.6 is 0 Å². The predicted molar refractivity (Wildman–Crippen MR) is 85.3 cm³/mol. The van der Waals surface area contributed by atoms with Gasteiger partial charge in [-0.1, -0.05) is 13.8 Å². The van der Waals surface area contributed by atoms with Crippen LogP contribution in [0.2, 0.25) is 0 Å². The average Bonchev–Trinajstić information content (AvgIpc) is 2.42. The number of carbonyl (C=O) groups is 2. The Morgan fingerprint density at radius 3 is 2.59 bits per heavy atom. The first-order valence-electron chi connectivity index (χ1n) is 7.70. The molecule has 0 spiro atoms. The fourth-order valence-corrected chi connectivity index (χ4v) is 3.97. The summed E-state index contributed by atoms with van der Waals surface area (Å²) < 4.78 is 23.5. The molecule has 22 heavy (non-hydrogen) atoms. The molecule has 128 valence electrons. The van der Waals surface area contributed by atoms with Gasteiger partial charge in [0.25, 0.3) is 0 Å². The van der Waals surface area contributed by atoms with Gasteiger partial charge in [-0.15, -0.1) is 0 Å². The van der Waals surface area contributed by atoms with Crippen LogP contribution in [0.5, 0.6) is 0 Å². The Balaban J connectivity index is 2.60. The van der Waals surface area contributed by atoms with Crippen molar-refractivity contribution >= 4 is 21.8 Å². The van der Waals surface area contributed by atoms with Gasteiger partial charge < -0.3 is 15.5 Å². The third kappa shape index (κ3) is 6.21. The second-order valence-corrected chi connectivity index (χ2v) is 8.34. The summed E-state index contributed by atoms with van der Waals surface area (Å²) in [4.78, 5) is 25.2. The van der Waals surface area contributed by atoms with Crippen molar-refractivity contribution in [3.8, 4) is 0 Å². The van der Waals surface area contributed by atoms with Crippen LogP contribution in [-0.4, -0.2) is 62.9 Å². The molecule has 1 rings (SSSR count). The molecule has 1 unspecified atom stereocenters. The molecular formula is C14H27N3O4S. The summed E-state index contributed by atoms with van der Waals surface area (Å²) in [6.45, 7) is 4.94. The zero-order chi connectivity index (χ0) is 16.8. The summed E-state index contributed by atoms with van der Waals surface area (Å²) in [7, 11) is -1.69. The molecular weight excluding hydrogens is 306 g/mol. The van der Waals surface area contributed by atoms with Crippen molar-refractivity contribution in [3.63, 3.8) is 0 Å². The highest BCUT2D eigenvalue weighted by Gasteiger charge is 2.35. The molecule has 3 amide bonds. The SMILES string of the molecule is CNC(=O)CC1CS(=O)(=O)CCN1C(=O)NCCCC(C)C. The van der Waals surface area contributed by atoms with Crippen LogP contribution in [0, 0.1) is 5.92 Å². The van der Waals surface area contributed by atoms with E-state index in [1.807, 2.05) is 0 Å². The monoisotopic (exact) mass is 333 g/mol. The van der Waals surface area contributed by atoms with Crippen molar-refractivity contribution in [3.05, 3.63) is 0 Å². The van der Waals surface area contributed by atoms with Gasteiger partial charge in [-0.05, 0) is 18.8 Å². The number of nitrogens with one attached hydrogen (secondary N) is 2. The Bertz CT molecular complexity index is 490. The van der Waals surface area contributed by atoms with Gasteiger partial charge in [0.15, 0.2) is 9.84 Å². The number of sulfone groups is 1.